The van der Waals surface area contributed by atoms with Gasteiger partial charge in [-0.05, 0) is 22.9 Å². The largest absolute Gasteiger partial charge is 0.480 e. The first-order valence-electron chi connectivity index (χ1n) is 3.57. The second kappa shape index (κ2) is 3.77. The van der Waals surface area contributed by atoms with E-state index in [1.165, 1.54) is 24.3 Å². The maximum atomic E-state index is 10.4. The normalized spacial score (nSPS) is 12.1. The zero-order valence-corrected chi connectivity index (χ0v) is 6.68. The highest BCUT2D eigenvalue weighted by molar-refractivity contribution is 5.75. The molecule has 0 aliphatic heterocycles. The molecular weight excluding hydrogens is 172 g/mol. The molecule has 1 atom stereocenters. The molecule has 0 saturated carbocycles. The molecule has 1 aromatic rings. The van der Waals surface area contributed by atoms with E-state index in [4.69, 9.17) is 10.8 Å². The van der Waals surface area contributed by atoms with E-state index < -0.39 is 12.0 Å². The lowest BCUT2D eigenvalue weighted by atomic mass is 10.1. The first kappa shape index (κ1) is 9.34. The van der Waals surface area contributed by atoms with Gasteiger partial charge >= 0.3 is 5.97 Å². The summed E-state index contributed by atoms with van der Waals surface area (Å²) >= 11 is 0. The van der Waals surface area contributed by atoms with E-state index in [9.17, 15) is 9.70 Å². The molecule has 68 valence electrons. The number of carbonyl (C=O) groups is 1. The van der Waals surface area contributed by atoms with Gasteiger partial charge in [-0.1, -0.05) is 12.1 Å². The Morgan fingerprint density at radius 3 is 2.31 bits per heavy atom. The Balaban J connectivity index is 2.91. The summed E-state index contributed by atoms with van der Waals surface area (Å²) in [5.74, 6) is -1.10. The van der Waals surface area contributed by atoms with Crippen LogP contribution in [-0.2, 0) is 4.79 Å². The summed E-state index contributed by atoms with van der Waals surface area (Å²) in [7, 11) is 0. The maximum absolute atomic E-state index is 10.4. The molecule has 13 heavy (non-hydrogen) atoms. The van der Waals surface area contributed by atoms with Crippen molar-refractivity contribution in [1.82, 2.24) is 0 Å². The van der Waals surface area contributed by atoms with Gasteiger partial charge in [0.15, 0.2) is 0 Å². The monoisotopic (exact) mass is 180 g/mol. The van der Waals surface area contributed by atoms with Gasteiger partial charge in [0.1, 0.15) is 11.7 Å². The van der Waals surface area contributed by atoms with Gasteiger partial charge in [0, 0.05) is 0 Å². The van der Waals surface area contributed by atoms with Gasteiger partial charge in [-0.2, -0.15) is 0 Å². The van der Waals surface area contributed by atoms with Crippen LogP contribution in [0.5, 0.6) is 0 Å². The zero-order chi connectivity index (χ0) is 9.84. The van der Waals surface area contributed by atoms with Gasteiger partial charge < -0.3 is 10.8 Å². The van der Waals surface area contributed by atoms with Crippen LogP contribution in [0.1, 0.15) is 11.6 Å². The van der Waals surface area contributed by atoms with Crippen molar-refractivity contribution in [3.05, 3.63) is 34.7 Å². The summed E-state index contributed by atoms with van der Waals surface area (Å²) in [6.07, 6.45) is 0. The minimum Gasteiger partial charge on any atom is -0.480 e. The first-order valence-corrected chi connectivity index (χ1v) is 3.57. The molecule has 1 unspecified atom stereocenters. The molecule has 0 saturated heterocycles. The lowest BCUT2D eigenvalue weighted by molar-refractivity contribution is -0.138. The third-order valence-electron chi connectivity index (χ3n) is 1.62. The molecule has 5 heteroatoms. The number of carboxylic acid groups (broad SMARTS) is 1. The van der Waals surface area contributed by atoms with Crippen molar-refractivity contribution in [2.24, 2.45) is 10.9 Å². The number of nitrogens with zero attached hydrogens (tertiary/aromatic N) is 1. The molecule has 0 spiro atoms. The number of hydrogen-bond donors (Lipinski definition) is 2. The van der Waals surface area contributed by atoms with Crippen LogP contribution in [-0.4, -0.2) is 11.1 Å². The van der Waals surface area contributed by atoms with Gasteiger partial charge in [-0.3, -0.25) is 4.79 Å². The summed E-state index contributed by atoms with van der Waals surface area (Å²) < 4.78 is 0. The summed E-state index contributed by atoms with van der Waals surface area (Å²) in [4.78, 5) is 20.5. The fraction of sp³-hybridized carbons (Fsp3) is 0.125. The van der Waals surface area contributed by atoms with Gasteiger partial charge in [-0.15, -0.1) is 4.91 Å². The summed E-state index contributed by atoms with van der Waals surface area (Å²) in [5, 5.41) is 11.2. The van der Waals surface area contributed by atoms with E-state index >= 15 is 0 Å². The standard InChI is InChI=1S/C8H8N2O3/c9-7(8(11)12)5-1-3-6(10-13)4-2-5/h1-4,7H,9H2,(H,11,12). The number of nitroso groups, excluding NO2 is 1. The van der Waals surface area contributed by atoms with Crippen LogP contribution < -0.4 is 5.73 Å². The predicted molar refractivity (Wildman–Crippen MR) is 46.5 cm³/mol. The Hall–Kier alpha value is -1.75. The van der Waals surface area contributed by atoms with E-state index in [2.05, 4.69) is 5.18 Å². The molecule has 5 nitrogen and oxygen atoms in total. The average molecular weight is 180 g/mol. The highest BCUT2D eigenvalue weighted by Crippen LogP contribution is 2.16. The molecule has 0 aliphatic carbocycles. The average Bonchev–Trinajstić information content (AvgIpc) is 2.17. The molecule has 0 heterocycles. The van der Waals surface area contributed by atoms with E-state index in [0.717, 1.165) is 0 Å². The third kappa shape index (κ3) is 2.09. The molecule has 0 radical (unpaired) electrons. The van der Waals surface area contributed by atoms with Gasteiger partial charge in [-0.25, -0.2) is 0 Å². The molecule has 0 fully saturated rings. The molecular formula is C8H8N2O3. The van der Waals surface area contributed by atoms with Crippen molar-refractivity contribution in [3.63, 3.8) is 0 Å². The molecule has 0 amide bonds. The fourth-order valence-corrected chi connectivity index (χ4v) is 0.885. The molecule has 1 rings (SSSR count). The number of benzene rings is 1. The first-order chi connectivity index (χ1) is 6.15. The predicted octanol–water partition coefficient (Wildman–Crippen LogP) is 1.17. The summed E-state index contributed by atoms with van der Waals surface area (Å²) in [6.45, 7) is 0. The van der Waals surface area contributed by atoms with Crippen LogP contribution in [0.2, 0.25) is 0 Å². The van der Waals surface area contributed by atoms with E-state index in [-0.39, 0.29) is 5.69 Å². The number of carboxylic acids is 1. The summed E-state index contributed by atoms with van der Waals surface area (Å²) in [5.41, 5.74) is 6.02. The molecule has 3 N–H and O–H groups in total. The minimum absolute atomic E-state index is 0.251. The molecule has 1 aromatic carbocycles. The third-order valence-corrected chi connectivity index (χ3v) is 1.62. The van der Waals surface area contributed by atoms with Crippen molar-refractivity contribution in [2.45, 2.75) is 6.04 Å². The Labute approximate surface area is 74.2 Å². The van der Waals surface area contributed by atoms with Crippen LogP contribution in [0.25, 0.3) is 0 Å². The molecule has 0 bridgehead atoms. The fourth-order valence-electron chi connectivity index (χ4n) is 0.885. The quantitative estimate of drug-likeness (QED) is 0.682. The van der Waals surface area contributed by atoms with Crippen LogP contribution >= 0.6 is 0 Å². The number of nitrogens with two attached hydrogens (primary N) is 1. The van der Waals surface area contributed by atoms with Crippen molar-refractivity contribution in [2.75, 3.05) is 0 Å². The summed E-state index contributed by atoms with van der Waals surface area (Å²) in [6, 6.07) is 4.72. The second-order valence-electron chi connectivity index (χ2n) is 2.50. The minimum atomic E-state index is -1.10. The zero-order valence-electron chi connectivity index (χ0n) is 6.68. The van der Waals surface area contributed by atoms with E-state index in [0.29, 0.717) is 5.56 Å². The van der Waals surface area contributed by atoms with Crippen molar-refractivity contribution in [3.8, 4) is 0 Å². The number of aliphatic carboxylic acids is 1. The molecule has 0 aliphatic rings. The SMILES string of the molecule is NC(C(=O)O)c1ccc(N=O)cc1. The Morgan fingerprint density at radius 1 is 1.38 bits per heavy atom. The van der Waals surface area contributed by atoms with Crippen LogP contribution in [0.4, 0.5) is 5.69 Å². The lowest BCUT2D eigenvalue weighted by Crippen LogP contribution is -2.20. The Bertz CT molecular complexity index is 321. The highest BCUT2D eigenvalue weighted by atomic mass is 16.4. The highest BCUT2D eigenvalue weighted by Gasteiger charge is 2.13. The van der Waals surface area contributed by atoms with Crippen molar-refractivity contribution in [1.29, 1.82) is 0 Å². The van der Waals surface area contributed by atoms with Gasteiger partial charge in [0.05, 0.1) is 0 Å². The maximum Gasteiger partial charge on any atom is 0.325 e. The van der Waals surface area contributed by atoms with E-state index in [1.807, 2.05) is 0 Å². The van der Waals surface area contributed by atoms with E-state index in [1.54, 1.807) is 0 Å². The van der Waals surface area contributed by atoms with Crippen molar-refractivity contribution >= 4 is 11.7 Å². The topological polar surface area (TPSA) is 92.8 Å². The van der Waals surface area contributed by atoms with Crippen LogP contribution in [0.15, 0.2) is 29.4 Å². The second-order valence-corrected chi connectivity index (χ2v) is 2.50. The van der Waals surface area contributed by atoms with Gasteiger partial charge in [0.2, 0.25) is 0 Å². The van der Waals surface area contributed by atoms with Crippen LogP contribution in [0.3, 0.4) is 0 Å². The lowest BCUT2D eigenvalue weighted by Gasteiger charge is -2.05. The van der Waals surface area contributed by atoms with Gasteiger partial charge in [0.25, 0.3) is 0 Å². The Morgan fingerprint density at radius 2 is 1.92 bits per heavy atom. The van der Waals surface area contributed by atoms with Crippen molar-refractivity contribution < 1.29 is 9.90 Å². The van der Waals surface area contributed by atoms with Crippen LogP contribution in [0, 0.1) is 4.91 Å². The Kier molecular flexibility index (Phi) is 2.71. The smallest absolute Gasteiger partial charge is 0.325 e. The number of hydrogen-bond acceptors (Lipinski definition) is 4. The molecule has 0 aromatic heterocycles. The number of rotatable bonds is 3.